The Morgan fingerprint density at radius 1 is 1.04 bits per heavy atom. The van der Waals surface area contributed by atoms with Gasteiger partial charge in [-0.2, -0.15) is 0 Å². The van der Waals surface area contributed by atoms with E-state index in [9.17, 15) is 4.79 Å². The molecular formula is C21H13ClN2O4. The number of hydrogen-bond acceptors (Lipinski definition) is 6. The molecule has 0 saturated heterocycles. The number of carbonyl (C=O) groups is 1. The third-order valence-corrected chi connectivity index (χ3v) is 3.96. The van der Waals surface area contributed by atoms with E-state index in [1.165, 1.54) is 18.5 Å². The standard InChI is InChI=1S/C21H13ClN2O4/c22-15-8-10-16(11-9-15)23-13-17-21(28-20(25)18-7-4-12-26-18)27-19(24-17)14-5-2-1-3-6-14/h1-13H. The fraction of sp³-hybridized carbons (Fsp3) is 0. The summed E-state index contributed by atoms with van der Waals surface area (Å²) in [6.45, 7) is 0. The van der Waals surface area contributed by atoms with Crippen molar-refractivity contribution in [1.29, 1.82) is 0 Å². The molecule has 0 aliphatic heterocycles. The fourth-order valence-electron chi connectivity index (χ4n) is 2.37. The summed E-state index contributed by atoms with van der Waals surface area (Å²) in [5.41, 5.74) is 1.68. The fourth-order valence-corrected chi connectivity index (χ4v) is 2.49. The Bertz CT molecular complexity index is 1100. The van der Waals surface area contributed by atoms with E-state index in [-0.39, 0.29) is 17.4 Å². The smallest absolute Gasteiger partial charge is 0.382 e. The van der Waals surface area contributed by atoms with Gasteiger partial charge in [-0.05, 0) is 48.5 Å². The molecule has 0 saturated carbocycles. The Balaban J connectivity index is 1.67. The van der Waals surface area contributed by atoms with E-state index in [2.05, 4.69) is 9.98 Å². The summed E-state index contributed by atoms with van der Waals surface area (Å²) in [6, 6.07) is 19.3. The number of hydrogen-bond donors (Lipinski definition) is 0. The summed E-state index contributed by atoms with van der Waals surface area (Å²) in [5, 5.41) is 0.611. The van der Waals surface area contributed by atoms with E-state index < -0.39 is 5.97 Å². The number of ether oxygens (including phenoxy) is 1. The lowest BCUT2D eigenvalue weighted by Crippen LogP contribution is -2.07. The van der Waals surface area contributed by atoms with Gasteiger partial charge in [-0.15, -0.1) is 0 Å². The molecule has 0 unspecified atom stereocenters. The van der Waals surface area contributed by atoms with Crippen molar-refractivity contribution < 1.29 is 18.4 Å². The molecule has 7 heteroatoms. The van der Waals surface area contributed by atoms with Gasteiger partial charge in [-0.25, -0.2) is 9.78 Å². The quantitative estimate of drug-likeness (QED) is 0.328. The van der Waals surface area contributed by atoms with Gasteiger partial charge < -0.3 is 13.6 Å². The van der Waals surface area contributed by atoms with Crippen molar-refractivity contribution in [3.05, 3.63) is 89.5 Å². The largest absolute Gasteiger partial charge is 0.457 e. The van der Waals surface area contributed by atoms with Crippen molar-refractivity contribution in [3.63, 3.8) is 0 Å². The topological polar surface area (TPSA) is 77.8 Å². The molecule has 0 aliphatic rings. The maximum Gasteiger partial charge on any atom is 0.382 e. The molecule has 0 N–H and O–H groups in total. The summed E-state index contributed by atoms with van der Waals surface area (Å²) in [7, 11) is 0. The number of benzene rings is 2. The molecule has 0 bridgehead atoms. The highest BCUT2D eigenvalue weighted by molar-refractivity contribution is 6.30. The molecule has 28 heavy (non-hydrogen) atoms. The number of esters is 1. The van der Waals surface area contributed by atoms with Crippen molar-refractivity contribution in [3.8, 4) is 17.4 Å². The van der Waals surface area contributed by atoms with Gasteiger partial charge in [0.1, 0.15) is 0 Å². The van der Waals surface area contributed by atoms with E-state index in [4.69, 9.17) is 25.2 Å². The van der Waals surface area contributed by atoms with E-state index in [1.54, 1.807) is 30.3 Å². The molecule has 2 heterocycles. The van der Waals surface area contributed by atoms with Gasteiger partial charge in [0, 0.05) is 10.6 Å². The molecule has 6 nitrogen and oxygen atoms in total. The Labute approximate surface area is 165 Å². The highest BCUT2D eigenvalue weighted by atomic mass is 35.5. The van der Waals surface area contributed by atoms with Crippen LogP contribution in [-0.4, -0.2) is 17.2 Å². The van der Waals surface area contributed by atoms with Crippen LogP contribution in [0.4, 0.5) is 5.69 Å². The molecule has 2 aromatic carbocycles. The normalized spacial score (nSPS) is 11.0. The molecule has 4 rings (SSSR count). The van der Waals surface area contributed by atoms with Gasteiger partial charge in [0.15, 0.2) is 5.69 Å². The Morgan fingerprint density at radius 3 is 2.54 bits per heavy atom. The van der Waals surface area contributed by atoms with Gasteiger partial charge in [0.25, 0.3) is 0 Å². The summed E-state index contributed by atoms with van der Waals surface area (Å²) >= 11 is 5.89. The van der Waals surface area contributed by atoms with Crippen LogP contribution in [0, 0.1) is 0 Å². The summed E-state index contributed by atoms with van der Waals surface area (Å²) in [4.78, 5) is 21.0. The first-order chi connectivity index (χ1) is 13.7. The van der Waals surface area contributed by atoms with Crippen molar-refractivity contribution in [2.45, 2.75) is 0 Å². The number of nitrogens with zero attached hydrogens (tertiary/aromatic N) is 2. The number of aliphatic imine (C=N–C) groups is 1. The van der Waals surface area contributed by atoms with Crippen molar-refractivity contribution in [1.82, 2.24) is 4.98 Å². The Hall–Kier alpha value is -3.64. The maximum absolute atomic E-state index is 12.2. The third-order valence-electron chi connectivity index (χ3n) is 3.71. The summed E-state index contributed by atoms with van der Waals surface area (Å²) in [6.07, 6.45) is 2.85. The van der Waals surface area contributed by atoms with E-state index in [0.29, 0.717) is 16.6 Å². The van der Waals surface area contributed by atoms with Gasteiger partial charge in [0.2, 0.25) is 11.7 Å². The predicted octanol–water partition coefficient (Wildman–Crippen LogP) is 5.56. The maximum atomic E-state index is 12.2. The first kappa shape index (κ1) is 17.8. The minimum atomic E-state index is -0.693. The highest BCUT2D eigenvalue weighted by Crippen LogP contribution is 2.28. The van der Waals surface area contributed by atoms with Gasteiger partial charge in [0.05, 0.1) is 18.2 Å². The molecule has 4 aromatic rings. The number of halogens is 1. The average molecular weight is 393 g/mol. The SMILES string of the molecule is O=C(Oc1oc(-c2ccccc2)nc1C=Nc1ccc(Cl)cc1)c1ccco1. The number of furan rings is 1. The molecule has 138 valence electrons. The van der Waals surface area contributed by atoms with Crippen LogP contribution >= 0.6 is 11.6 Å². The Kier molecular flexibility index (Phi) is 5.03. The molecule has 0 fully saturated rings. The van der Waals surface area contributed by atoms with Gasteiger partial charge >= 0.3 is 11.9 Å². The molecule has 0 aliphatic carbocycles. The first-order valence-electron chi connectivity index (χ1n) is 8.30. The van der Waals surface area contributed by atoms with Crippen LogP contribution in [0.15, 0.2) is 86.8 Å². The predicted molar refractivity (Wildman–Crippen MR) is 104 cm³/mol. The number of aromatic nitrogens is 1. The lowest BCUT2D eigenvalue weighted by molar-refractivity contribution is 0.0661. The minimum Gasteiger partial charge on any atom is -0.457 e. The molecule has 0 atom stereocenters. The van der Waals surface area contributed by atoms with Crippen molar-refractivity contribution >= 4 is 29.5 Å². The number of rotatable bonds is 5. The molecule has 0 spiro atoms. The van der Waals surface area contributed by atoms with Gasteiger partial charge in [-0.3, -0.25) is 4.99 Å². The summed E-state index contributed by atoms with van der Waals surface area (Å²) in [5.74, 6) is -0.404. The summed E-state index contributed by atoms with van der Waals surface area (Å²) < 4.78 is 16.1. The van der Waals surface area contributed by atoms with E-state index >= 15 is 0 Å². The van der Waals surface area contributed by atoms with Crippen LogP contribution in [-0.2, 0) is 0 Å². The van der Waals surface area contributed by atoms with Crippen molar-refractivity contribution in [2.24, 2.45) is 4.99 Å². The second-order valence-corrected chi connectivity index (χ2v) is 6.10. The first-order valence-corrected chi connectivity index (χ1v) is 8.68. The van der Waals surface area contributed by atoms with Crippen LogP contribution in [0.1, 0.15) is 16.2 Å². The average Bonchev–Trinajstić information content (AvgIpc) is 3.39. The van der Waals surface area contributed by atoms with E-state index in [1.807, 2.05) is 30.3 Å². The third kappa shape index (κ3) is 4.02. The van der Waals surface area contributed by atoms with Gasteiger partial charge in [-0.1, -0.05) is 29.8 Å². The molecule has 0 amide bonds. The second kappa shape index (κ2) is 7.94. The zero-order valence-electron chi connectivity index (χ0n) is 14.4. The lowest BCUT2D eigenvalue weighted by atomic mass is 10.2. The molecular weight excluding hydrogens is 380 g/mol. The number of carbonyl (C=O) groups excluding carboxylic acids is 1. The Morgan fingerprint density at radius 2 is 1.82 bits per heavy atom. The van der Waals surface area contributed by atoms with Crippen LogP contribution in [0.25, 0.3) is 11.5 Å². The zero-order chi connectivity index (χ0) is 19.3. The van der Waals surface area contributed by atoms with E-state index in [0.717, 1.165) is 5.56 Å². The molecule has 2 aromatic heterocycles. The lowest BCUT2D eigenvalue weighted by Gasteiger charge is -1.98. The van der Waals surface area contributed by atoms with Crippen molar-refractivity contribution in [2.75, 3.05) is 0 Å². The zero-order valence-corrected chi connectivity index (χ0v) is 15.2. The monoisotopic (exact) mass is 392 g/mol. The van der Waals surface area contributed by atoms with Crippen LogP contribution in [0.5, 0.6) is 5.95 Å². The van der Waals surface area contributed by atoms with Crippen LogP contribution in [0.2, 0.25) is 5.02 Å². The van der Waals surface area contributed by atoms with Crippen LogP contribution in [0.3, 0.4) is 0 Å². The minimum absolute atomic E-state index is 0.0539. The highest BCUT2D eigenvalue weighted by Gasteiger charge is 2.20. The molecule has 0 radical (unpaired) electrons. The second-order valence-electron chi connectivity index (χ2n) is 5.66. The number of oxazole rings is 1. The van der Waals surface area contributed by atoms with Crippen LogP contribution < -0.4 is 4.74 Å².